The Kier molecular flexibility index (Phi) is 5.13. The van der Waals surface area contributed by atoms with Crippen LogP contribution in [0.5, 0.6) is 0 Å². The van der Waals surface area contributed by atoms with Gasteiger partial charge in [0, 0.05) is 35.6 Å². The lowest BCUT2D eigenvalue weighted by atomic mass is 9.96. The first-order valence-electron chi connectivity index (χ1n) is 10.8. The van der Waals surface area contributed by atoms with Crippen LogP contribution in [0, 0.1) is 26.7 Å². The van der Waals surface area contributed by atoms with E-state index >= 15 is 0 Å². The van der Waals surface area contributed by atoms with Crippen LogP contribution in [0.15, 0.2) is 36.7 Å². The Morgan fingerprint density at radius 1 is 1.06 bits per heavy atom. The topological polar surface area (TPSA) is 89.2 Å². The summed E-state index contributed by atoms with van der Waals surface area (Å²) in [6, 6.07) is 7.30. The number of carbonyl (C=O) groups is 1. The van der Waals surface area contributed by atoms with Gasteiger partial charge in [-0.2, -0.15) is 10.1 Å². The zero-order valence-electron chi connectivity index (χ0n) is 18.5. The number of aldehydes is 1. The van der Waals surface area contributed by atoms with Crippen molar-refractivity contribution >= 4 is 17.8 Å². The van der Waals surface area contributed by atoms with Crippen molar-refractivity contribution in [1.29, 1.82) is 0 Å². The fourth-order valence-electron chi connectivity index (χ4n) is 4.47. The van der Waals surface area contributed by atoms with E-state index in [-0.39, 0.29) is 0 Å². The summed E-state index contributed by atoms with van der Waals surface area (Å²) in [5, 5.41) is 4.49. The van der Waals surface area contributed by atoms with Gasteiger partial charge in [0.1, 0.15) is 12.1 Å². The highest BCUT2D eigenvalue weighted by molar-refractivity contribution is 5.76. The van der Waals surface area contributed by atoms with Crippen molar-refractivity contribution in [2.75, 3.05) is 18.0 Å². The number of benzene rings is 1. The summed E-state index contributed by atoms with van der Waals surface area (Å²) in [6.45, 7) is 8.01. The van der Waals surface area contributed by atoms with Crippen molar-refractivity contribution in [1.82, 2.24) is 29.5 Å². The van der Waals surface area contributed by atoms with Crippen LogP contribution in [-0.2, 0) is 6.42 Å². The van der Waals surface area contributed by atoms with Crippen molar-refractivity contribution in [2.24, 2.45) is 5.92 Å². The quantitative estimate of drug-likeness (QED) is 0.451. The maximum Gasteiger partial charge on any atom is 0.252 e. The van der Waals surface area contributed by atoms with Gasteiger partial charge in [-0.05, 0) is 45.1 Å². The Labute approximate surface area is 186 Å². The van der Waals surface area contributed by atoms with E-state index < -0.39 is 0 Å². The largest absolute Gasteiger partial charge is 0.369 e. The van der Waals surface area contributed by atoms with Crippen LogP contribution in [0.4, 0.5) is 5.69 Å². The average Bonchev–Trinajstić information content (AvgIpc) is 3.43. The lowest BCUT2D eigenvalue weighted by Gasteiger charge is -2.19. The molecule has 0 unspecified atom stereocenters. The fourth-order valence-corrected chi connectivity index (χ4v) is 4.47. The van der Waals surface area contributed by atoms with Crippen molar-refractivity contribution < 1.29 is 4.79 Å². The highest BCUT2D eigenvalue weighted by Crippen LogP contribution is 2.28. The molecule has 1 aliphatic rings. The summed E-state index contributed by atoms with van der Waals surface area (Å²) < 4.78 is 1.86. The molecule has 0 radical (unpaired) electrons. The molecule has 5 rings (SSSR count). The van der Waals surface area contributed by atoms with E-state index in [9.17, 15) is 4.79 Å². The number of rotatable bonds is 5. The molecule has 4 heterocycles. The number of hydrogen-bond acceptors (Lipinski definition) is 7. The van der Waals surface area contributed by atoms with Crippen LogP contribution < -0.4 is 4.90 Å². The van der Waals surface area contributed by atoms with Gasteiger partial charge >= 0.3 is 0 Å². The number of aromatic nitrogens is 6. The lowest BCUT2D eigenvalue weighted by molar-refractivity contribution is 0.112. The summed E-state index contributed by atoms with van der Waals surface area (Å²) in [6.07, 6.45) is 6.70. The smallest absolute Gasteiger partial charge is 0.252 e. The third kappa shape index (κ3) is 3.72. The van der Waals surface area contributed by atoms with E-state index in [4.69, 9.17) is 0 Å². The Morgan fingerprint density at radius 3 is 2.53 bits per heavy atom. The van der Waals surface area contributed by atoms with Crippen molar-refractivity contribution in [2.45, 2.75) is 33.6 Å². The molecule has 1 atom stereocenters. The molecule has 4 aromatic rings. The van der Waals surface area contributed by atoms with Crippen LogP contribution in [0.1, 0.15) is 39.6 Å². The molecule has 0 bridgehead atoms. The summed E-state index contributed by atoms with van der Waals surface area (Å²) in [5.74, 6) is 2.61. The Balaban J connectivity index is 1.29. The van der Waals surface area contributed by atoms with Gasteiger partial charge in [-0.1, -0.05) is 24.3 Å². The molecular formula is C24H25N7O. The van der Waals surface area contributed by atoms with Crippen molar-refractivity contribution in [3.8, 4) is 11.4 Å². The van der Waals surface area contributed by atoms with Crippen LogP contribution in [-0.4, -0.2) is 48.9 Å². The second-order valence-electron chi connectivity index (χ2n) is 8.44. The number of aryl methyl sites for hydroxylation is 3. The minimum absolute atomic E-state index is 0.534. The van der Waals surface area contributed by atoms with Crippen molar-refractivity contribution in [3.05, 3.63) is 65.0 Å². The third-order valence-corrected chi connectivity index (χ3v) is 6.24. The number of carbonyl (C=O) groups excluding carboxylic acids is 1. The van der Waals surface area contributed by atoms with E-state index in [0.717, 1.165) is 60.7 Å². The molecule has 162 valence electrons. The number of nitrogens with zero attached hydrogens (tertiary/aromatic N) is 7. The van der Waals surface area contributed by atoms with E-state index in [1.807, 2.05) is 36.0 Å². The molecule has 0 spiro atoms. The van der Waals surface area contributed by atoms with Crippen molar-refractivity contribution in [3.63, 3.8) is 0 Å². The molecule has 32 heavy (non-hydrogen) atoms. The number of fused-ring (bicyclic) bond motifs is 1. The molecule has 0 aliphatic carbocycles. The fraction of sp³-hybridized carbons (Fsp3) is 0.333. The minimum atomic E-state index is 0.534. The summed E-state index contributed by atoms with van der Waals surface area (Å²) in [5.41, 5.74) is 6.01. The number of hydrogen-bond donors (Lipinski definition) is 0. The predicted molar refractivity (Wildman–Crippen MR) is 122 cm³/mol. The van der Waals surface area contributed by atoms with Gasteiger partial charge in [-0.3, -0.25) is 4.79 Å². The van der Waals surface area contributed by atoms with E-state index in [1.54, 1.807) is 12.1 Å². The molecule has 3 aromatic heterocycles. The van der Waals surface area contributed by atoms with Gasteiger partial charge in [-0.25, -0.2) is 19.5 Å². The molecule has 1 saturated heterocycles. The Morgan fingerprint density at radius 2 is 1.81 bits per heavy atom. The average molecular weight is 428 g/mol. The first-order chi connectivity index (χ1) is 15.5. The standard InChI is InChI=1S/C24H25N7O/c1-15-22(16(2)31-24(27-15)28-17(3)29-31)10-19-8-9-30(13-19)21-11-25-23(26-12-21)20-6-4-18(14-32)5-7-20/h4-7,11-12,14,19H,8-10,13H2,1-3H3/t19-/m0/s1. The second-order valence-corrected chi connectivity index (χ2v) is 8.44. The zero-order valence-corrected chi connectivity index (χ0v) is 18.5. The molecule has 0 saturated carbocycles. The monoisotopic (exact) mass is 427 g/mol. The SMILES string of the molecule is Cc1nc2nc(C)c(C[C@@H]3CCN(c4cnc(-c5ccc(C=O)cc5)nc4)C3)c(C)n2n1. The van der Waals surface area contributed by atoms with Gasteiger partial charge in [0.25, 0.3) is 5.78 Å². The lowest BCUT2D eigenvalue weighted by Crippen LogP contribution is -2.21. The summed E-state index contributed by atoms with van der Waals surface area (Å²) in [7, 11) is 0. The number of anilines is 1. The summed E-state index contributed by atoms with van der Waals surface area (Å²) >= 11 is 0. The van der Waals surface area contributed by atoms with Gasteiger partial charge in [0.05, 0.1) is 18.1 Å². The molecule has 8 heteroatoms. The summed E-state index contributed by atoms with van der Waals surface area (Å²) in [4.78, 5) is 31.4. The predicted octanol–water partition coefficient (Wildman–Crippen LogP) is 3.39. The van der Waals surface area contributed by atoms with Gasteiger partial charge in [-0.15, -0.1) is 0 Å². The normalized spacial score (nSPS) is 16.1. The maximum atomic E-state index is 10.8. The highest BCUT2D eigenvalue weighted by Gasteiger charge is 2.25. The molecule has 8 nitrogen and oxygen atoms in total. The minimum Gasteiger partial charge on any atom is -0.369 e. The first-order valence-corrected chi connectivity index (χ1v) is 10.8. The van der Waals surface area contributed by atoms with E-state index in [0.29, 0.717) is 23.1 Å². The van der Waals surface area contributed by atoms with E-state index in [1.165, 1.54) is 5.56 Å². The third-order valence-electron chi connectivity index (χ3n) is 6.24. The molecular weight excluding hydrogens is 402 g/mol. The van der Waals surface area contributed by atoms with Crippen LogP contribution >= 0.6 is 0 Å². The van der Waals surface area contributed by atoms with Gasteiger partial charge in [0.15, 0.2) is 5.82 Å². The van der Waals surface area contributed by atoms with Crippen LogP contribution in [0.25, 0.3) is 17.2 Å². The molecule has 0 N–H and O–H groups in total. The van der Waals surface area contributed by atoms with E-state index in [2.05, 4.69) is 43.8 Å². The molecule has 1 aromatic carbocycles. The second kappa shape index (κ2) is 8.11. The zero-order chi connectivity index (χ0) is 22.2. The highest BCUT2D eigenvalue weighted by atomic mass is 16.1. The molecule has 1 fully saturated rings. The Hall–Kier alpha value is -3.68. The maximum absolute atomic E-state index is 10.8. The van der Waals surface area contributed by atoms with Crippen LogP contribution in [0.2, 0.25) is 0 Å². The Bertz CT molecular complexity index is 1280. The van der Waals surface area contributed by atoms with Gasteiger partial charge < -0.3 is 4.90 Å². The van der Waals surface area contributed by atoms with Crippen LogP contribution in [0.3, 0.4) is 0 Å². The van der Waals surface area contributed by atoms with Gasteiger partial charge in [0.2, 0.25) is 0 Å². The first kappa shape index (κ1) is 20.2. The molecule has 1 aliphatic heterocycles. The molecule has 0 amide bonds.